The minimum Gasteiger partial charge on any atom is -0.492 e. The second kappa shape index (κ2) is 7.85. The maximum absolute atomic E-state index is 12.0. The summed E-state index contributed by atoms with van der Waals surface area (Å²) in [5, 5.41) is 0. The van der Waals surface area contributed by atoms with Crippen molar-refractivity contribution < 1.29 is 9.53 Å². The van der Waals surface area contributed by atoms with Gasteiger partial charge in [0.05, 0.1) is 12.8 Å². The summed E-state index contributed by atoms with van der Waals surface area (Å²) >= 11 is 0. The van der Waals surface area contributed by atoms with Crippen molar-refractivity contribution >= 4 is 5.91 Å². The number of hydrogen-bond donors (Lipinski definition) is 0. The van der Waals surface area contributed by atoms with Crippen LogP contribution in [0.5, 0.6) is 5.75 Å². The van der Waals surface area contributed by atoms with Crippen LogP contribution in [0.1, 0.15) is 19.8 Å². The number of carbonyl (C=O) groups excluding carboxylic acids is 1. The summed E-state index contributed by atoms with van der Waals surface area (Å²) in [4.78, 5) is 20.4. The molecule has 1 aromatic rings. The van der Waals surface area contributed by atoms with Crippen LogP contribution in [0.15, 0.2) is 24.5 Å². The highest BCUT2D eigenvalue weighted by Crippen LogP contribution is 2.08. The van der Waals surface area contributed by atoms with E-state index in [2.05, 4.69) is 16.8 Å². The number of ether oxygens (including phenoxy) is 1. The number of aromatic nitrogens is 1. The fourth-order valence-electron chi connectivity index (χ4n) is 2.32. The first-order valence-corrected chi connectivity index (χ1v) is 7.32. The topological polar surface area (TPSA) is 45.7 Å². The number of pyridine rings is 1. The van der Waals surface area contributed by atoms with Crippen molar-refractivity contribution in [3.63, 3.8) is 0 Å². The van der Waals surface area contributed by atoms with Gasteiger partial charge >= 0.3 is 0 Å². The van der Waals surface area contributed by atoms with Crippen molar-refractivity contribution in [1.82, 2.24) is 14.8 Å². The van der Waals surface area contributed by atoms with Crippen LogP contribution in [0.25, 0.3) is 0 Å². The van der Waals surface area contributed by atoms with E-state index in [1.807, 2.05) is 17.0 Å². The predicted molar refractivity (Wildman–Crippen MR) is 77.7 cm³/mol. The van der Waals surface area contributed by atoms with Crippen LogP contribution in [-0.2, 0) is 4.79 Å². The number of piperazine rings is 1. The molecule has 1 aliphatic heterocycles. The van der Waals surface area contributed by atoms with Gasteiger partial charge in [-0.05, 0) is 25.1 Å². The van der Waals surface area contributed by atoms with Gasteiger partial charge < -0.3 is 14.5 Å². The van der Waals surface area contributed by atoms with Crippen molar-refractivity contribution in [3.05, 3.63) is 24.5 Å². The summed E-state index contributed by atoms with van der Waals surface area (Å²) in [6.07, 6.45) is 4.71. The number of carbonyl (C=O) groups is 1. The molecule has 0 atom stereocenters. The van der Waals surface area contributed by atoms with E-state index in [1.54, 1.807) is 12.4 Å². The summed E-state index contributed by atoms with van der Waals surface area (Å²) in [5.41, 5.74) is 0. The first-order valence-electron chi connectivity index (χ1n) is 7.32. The molecule has 1 saturated heterocycles. The van der Waals surface area contributed by atoms with Crippen molar-refractivity contribution in [3.8, 4) is 5.75 Å². The standard InChI is InChI=1S/C15H23N3O2/c1-2-17-8-10-18(11-9-17)15(19)6-4-12-20-14-5-3-7-16-13-14/h3,5,7,13H,2,4,6,8-12H2,1H3. The van der Waals surface area contributed by atoms with Crippen LogP contribution in [0.4, 0.5) is 0 Å². The SMILES string of the molecule is CCN1CCN(C(=O)CCCOc2cccnc2)CC1. The molecule has 1 aliphatic rings. The summed E-state index contributed by atoms with van der Waals surface area (Å²) < 4.78 is 5.54. The first-order chi connectivity index (χ1) is 9.79. The zero-order valence-corrected chi connectivity index (χ0v) is 12.1. The fourth-order valence-corrected chi connectivity index (χ4v) is 2.32. The van der Waals surface area contributed by atoms with Crippen LogP contribution in [0.3, 0.4) is 0 Å². The Labute approximate surface area is 120 Å². The van der Waals surface area contributed by atoms with Gasteiger partial charge in [0, 0.05) is 38.8 Å². The van der Waals surface area contributed by atoms with E-state index >= 15 is 0 Å². The molecule has 0 aromatic carbocycles. The van der Waals surface area contributed by atoms with Crippen LogP contribution in [0.2, 0.25) is 0 Å². The Morgan fingerprint density at radius 2 is 2.15 bits per heavy atom. The van der Waals surface area contributed by atoms with Crippen molar-refractivity contribution in [2.75, 3.05) is 39.3 Å². The third-order valence-corrected chi connectivity index (χ3v) is 3.61. The number of likely N-dealkylation sites (N-methyl/N-ethyl adjacent to an activating group) is 1. The Balaban J connectivity index is 1.61. The third-order valence-electron chi connectivity index (χ3n) is 3.61. The molecule has 1 aromatic heterocycles. The van der Waals surface area contributed by atoms with E-state index in [-0.39, 0.29) is 5.91 Å². The molecule has 0 aliphatic carbocycles. The molecule has 0 radical (unpaired) electrons. The zero-order valence-electron chi connectivity index (χ0n) is 12.1. The van der Waals surface area contributed by atoms with E-state index in [9.17, 15) is 4.79 Å². The number of hydrogen-bond acceptors (Lipinski definition) is 4. The van der Waals surface area contributed by atoms with Gasteiger partial charge in [-0.1, -0.05) is 6.92 Å². The highest BCUT2D eigenvalue weighted by atomic mass is 16.5. The lowest BCUT2D eigenvalue weighted by molar-refractivity contribution is -0.133. The second-order valence-corrected chi connectivity index (χ2v) is 4.96. The summed E-state index contributed by atoms with van der Waals surface area (Å²) in [7, 11) is 0. The smallest absolute Gasteiger partial charge is 0.222 e. The monoisotopic (exact) mass is 277 g/mol. The molecule has 5 nitrogen and oxygen atoms in total. The van der Waals surface area contributed by atoms with Crippen molar-refractivity contribution in [2.24, 2.45) is 0 Å². The minimum absolute atomic E-state index is 0.246. The summed E-state index contributed by atoms with van der Waals surface area (Å²) in [6.45, 7) is 7.50. The Hall–Kier alpha value is -1.62. The van der Waals surface area contributed by atoms with E-state index < -0.39 is 0 Å². The summed E-state index contributed by atoms with van der Waals surface area (Å²) in [5.74, 6) is 1.01. The van der Waals surface area contributed by atoms with Crippen molar-refractivity contribution in [2.45, 2.75) is 19.8 Å². The maximum atomic E-state index is 12.0. The Bertz CT molecular complexity index is 403. The van der Waals surface area contributed by atoms with Gasteiger partial charge in [-0.25, -0.2) is 0 Å². The van der Waals surface area contributed by atoms with Gasteiger partial charge in [0.15, 0.2) is 0 Å². The molecule has 20 heavy (non-hydrogen) atoms. The van der Waals surface area contributed by atoms with Crippen LogP contribution in [-0.4, -0.2) is 60.0 Å². The van der Waals surface area contributed by atoms with Crippen LogP contribution in [0, 0.1) is 0 Å². The van der Waals surface area contributed by atoms with Gasteiger partial charge in [0.25, 0.3) is 0 Å². The largest absolute Gasteiger partial charge is 0.492 e. The molecule has 0 unspecified atom stereocenters. The Kier molecular flexibility index (Phi) is 5.80. The molecular weight excluding hydrogens is 254 g/mol. The van der Waals surface area contributed by atoms with E-state index in [4.69, 9.17) is 4.74 Å². The van der Waals surface area contributed by atoms with E-state index in [0.717, 1.165) is 44.9 Å². The second-order valence-electron chi connectivity index (χ2n) is 4.96. The lowest BCUT2D eigenvalue weighted by atomic mass is 10.2. The fraction of sp³-hybridized carbons (Fsp3) is 0.600. The van der Waals surface area contributed by atoms with Gasteiger partial charge in [-0.15, -0.1) is 0 Å². The van der Waals surface area contributed by atoms with E-state index in [0.29, 0.717) is 13.0 Å². The molecule has 1 amide bonds. The predicted octanol–water partition coefficient (Wildman–Crippen LogP) is 1.40. The molecular formula is C15H23N3O2. The highest BCUT2D eigenvalue weighted by molar-refractivity contribution is 5.76. The van der Waals surface area contributed by atoms with Crippen molar-refractivity contribution in [1.29, 1.82) is 0 Å². The molecule has 0 saturated carbocycles. The van der Waals surface area contributed by atoms with E-state index in [1.165, 1.54) is 0 Å². The molecule has 0 bridgehead atoms. The molecule has 5 heteroatoms. The highest BCUT2D eigenvalue weighted by Gasteiger charge is 2.19. The van der Waals surface area contributed by atoms with Gasteiger partial charge in [-0.3, -0.25) is 9.78 Å². The lowest BCUT2D eigenvalue weighted by Gasteiger charge is -2.34. The maximum Gasteiger partial charge on any atom is 0.222 e. The molecule has 1 fully saturated rings. The number of nitrogens with zero attached hydrogens (tertiary/aromatic N) is 3. The average Bonchev–Trinajstić information content (AvgIpc) is 2.52. The Morgan fingerprint density at radius 3 is 2.80 bits per heavy atom. The van der Waals surface area contributed by atoms with Gasteiger partial charge in [0.1, 0.15) is 5.75 Å². The molecule has 2 rings (SSSR count). The normalized spacial score (nSPS) is 16.1. The zero-order chi connectivity index (χ0) is 14.2. The third kappa shape index (κ3) is 4.49. The lowest BCUT2D eigenvalue weighted by Crippen LogP contribution is -2.48. The quantitative estimate of drug-likeness (QED) is 0.738. The van der Waals surface area contributed by atoms with Crippen LogP contribution >= 0.6 is 0 Å². The molecule has 0 spiro atoms. The molecule has 0 N–H and O–H groups in total. The first kappa shape index (κ1) is 14.8. The van der Waals surface area contributed by atoms with Crippen LogP contribution < -0.4 is 4.74 Å². The molecule has 2 heterocycles. The van der Waals surface area contributed by atoms with Gasteiger partial charge in [0.2, 0.25) is 5.91 Å². The summed E-state index contributed by atoms with van der Waals surface area (Å²) in [6, 6.07) is 3.71. The Morgan fingerprint density at radius 1 is 1.35 bits per heavy atom. The molecule has 110 valence electrons. The minimum atomic E-state index is 0.246. The average molecular weight is 277 g/mol. The number of amides is 1. The number of rotatable bonds is 6. The van der Waals surface area contributed by atoms with Gasteiger partial charge in [-0.2, -0.15) is 0 Å².